The largest absolute Gasteiger partial charge is 0.737 e. The van der Waals surface area contributed by atoms with Gasteiger partial charge in [0.25, 0.3) is 0 Å². The van der Waals surface area contributed by atoms with Gasteiger partial charge in [-0.3, -0.25) is 0 Å². The van der Waals surface area contributed by atoms with Crippen LogP contribution in [0.1, 0.15) is 11.3 Å². The minimum atomic E-state index is -3.93. The van der Waals surface area contributed by atoms with E-state index in [0.29, 0.717) is 32.6 Å². The molecule has 0 atom stereocenters. The molecule has 0 fully saturated rings. The Kier molecular flexibility index (Phi) is 3.34. The van der Waals surface area contributed by atoms with Crippen LogP contribution in [-0.2, 0) is 0 Å². The van der Waals surface area contributed by atoms with Crippen LogP contribution in [0.4, 0.5) is 8.63 Å². The first-order valence-corrected chi connectivity index (χ1v) is 8.35. The molecular formula is C15H8BBrCl2F2N2. The molecule has 0 unspecified atom stereocenters. The first kappa shape index (κ1) is 15.2. The van der Waals surface area contributed by atoms with Crippen LogP contribution in [0.5, 0.6) is 0 Å². The van der Waals surface area contributed by atoms with E-state index in [2.05, 4.69) is 15.9 Å². The predicted octanol–water partition coefficient (Wildman–Crippen LogP) is 5.21. The smallest absolute Gasteiger partial charge is 0.396 e. The van der Waals surface area contributed by atoms with Crippen molar-refractivity contribution in [2.75, 3.05) is 0 Å². The molecule has 2 aromatic rings. The van der Waals surface area contributed by atoms with Crippen molar-refractivity contribution in [2.45, 2.75) is 0 Å². The fourth-order valence-electron chi connectivity index (χ4n) is 3.06. The summed E-state index contributed by atoms with van der Waals surface area (Å²) in [4.78, 5) is 0. The van der Waals surface area contributed by atoms with Crippen molar-refractivity contribution in [1.29, 1.82) is 0 Å². The van der Waals surface area contributed by atoms with E-state index in [-0.39, 0.29) is 0 Å². The summed E-state index contributed by atoms with van der Waals surface area (Å²) in [6.45, 7) is -3.93. The molecule has 1 aromatic heterocycles. The molecule has 4 rings (SSSR count). The van der Waals surface area contributed by atoms with Crippen molar-refractivity contribution in [3.63, 3.8) is 0 Å². The Bertz CT molecular complexity index is 924. The first-order valence-electron chi connectivity index (χ1n) is 6.80. The zero-order valence-corrected chi connectivity index (χ0v) is 14.6. The van der Waals surface area contributed by atoms with E-state index >= 15 is 0 Å². The van der Waals surface area contributed by atoms with E-state index in [9.17, 15) is 8.63 Å². The third kappa shape index (κ3) is 2.08. The molecule has 0 bridgehead atoms. The fraction of sp³-hybridized carbons (Fsp3) is 0. The van der Waals surface area contributed by atoms with E-state index in [1.54, 1.807) is 36.4 Å². The minimum absolute atomic E-state index is 0.396. The second-order valence-corrected chi connectivity index (χ2v) is 7.04. The lowest BCUT2D eigenvalue weighted by Gasteiger charge is -2.31. The van der Waals surface area contributed by atoms with Crippen molar-refractivity contribution in [2.24, 2.45) is 0 Å². The molecule has 116 valence electrons. The average Bonchev–Trinajstić information content (AvgIpc) is 3.11. The number of aromatic nitrogens is 1. The van der Waals surface area contributed by atoms with Gasteiger partial charge in [-0.1, -0.05) is 39.1 Å². The molecule has 0 spiro atoms. The molecule has 2 nitrogen and oxygen atoms in total. The Morgan fingerprint density at radius 2 is 1.87 bits per heavy atom. The number of halogens is 5. The summed E-state index contributed by atoms with van der Waals surface area (Å²) in [5, 5.41) is 0.801. The molecule has 8 heteroatoms. The molecule has 0 amide bonds. The van der Waals surface area contributed by atoms with Crippen LogP contribution in [0.15, 0.2) is 52.8 Å². The molecule has 23 heavy (non-hydrogen) atoms. The van der Waals surface area contributed by atoms with Gasteiger partial charge in [-0.2, -0.15) is 0 Å². The van der Waals surface area contributed by atoms with Gasteiger partial charge in [-0.25, -0.2) is 0 Å². The van der Waals surface area contributed by atoms with Gasteiger partial charge in [0.15, 0.2) is 5.70 Å². The van der Waals surface area contributed by atoms with Gasteiger partial charge >= 0.3 is 6.97 Å². The Labute approximate surface area is 149 Å². The summed E-state index contributed by atoms with van der Waals surface area (Å²) in [5.74, 6) is 0. The highest BCUT2D eigenvalue weighted by Crippen LogP contribution is 2.43. The van der Waals surface area contributed by atoms with Gasteiger partial charge in [0.05, 0.1) is 15.6 Å². The van der Waals surface area contributed by atoms with Crippen molar-refractivity contribution in [1.82, 2.24) is 4.48 Å². The number of nitrogens with zero attached hydrogens (tertiary/aromatic N) is 2. The van der Waals surface area contributed by atoms with Crippen LogP contribution in [-0.4, -0.2) is 22.1 Å². The zero-order valence-electron chi connectivity index (χ0n) is 11.5. The maximum absolute atomic E-state index is 14.7. The highest BCUT2D eigenvalue weighted by atomic mass is 79.9. The second kappa shape index (κ2) is 5.06. The van der Waals surface area contributed by atoms with Gasteiger partial charge in [0.2, 0.25) is 0 Å². The number of hydrogen-bond donors (Lipinski definition) is 0. The normalized spacial score (nSPS) is 18.0. The standard InChI is InChI=1S/C15H8BBrCl2F2N2/c17-9-7-10(18)14(11(19)8-9)15-12-3-1-5-22(12)16(20,21)23-6-2-4-13(15)23/h1-8H. The molecule has 2 aliphatic rings. The van der Waals surface area contributed by atoms with Crippen LogP contribution in [0.2, 0.25) is 10.0 Å². The van der Waals surface area contributed by atoms with Crippen LogP contribution >= 0.6 is 39.1 Å². The maximum atomic E-state index is 14.7. The summed E-state index contributed by atoms with van der Waals surface area (Å²) in [5.41, 5.74) is 1.93. The van der Waals surface area contributed by atoms with Crippen LogP contribution in [0.3, 0.4) is 0 Å². The highest BCUT2D eigenvalue weighted by Gasteiger charge is 2.51. The first-order chi connectivity index (χ1) is 10.9. The Hall–Kier alpha value is -1.37. The molecule has 0 radical (unpaired) electrons. The van der Waals surface area contributed by atoms with Crippen molar-refractivity contribution >= 4 is 57.9 Å². The summed E-state index contributed by atoms with van der Waals surface area (Å²) < 4.78 is 32.1. The lowest BCUT2D eigenvalue weighted by atomic mass is 9.86. The molecular weight excluding hydrogens is 408 g/mol. The molecule has 0 saturated heterocycles. The predicted molar refractivity (Wildman–Crippen MR) is 93.4 cm³/mol. The number of benzene rings is 1. The van der Waals surface area contributed by atoms with E-state index in [1.165, 1.54) is 12.4 Å². The van der Waals surface area contributed by atoms with E-state index in [4.69, 9.17) is 23.2 Å². The van der Waals surface area contributed by atoms with E-state index in [1.807, 2.05) is 0 Å². The highest BCUT2D eigenvalue weighted by molar-refractivity contribution is 9.10. The van der Waals surface area contributed by atoms with Gasteiger partial charge in [0, 0.05) is 27.9 Å². The Morgan fingerprint density at radius 3 is 2.57 bits per heavy atom. The van der Waals surface area contributed by atoms with Crippen molar-refractivity contribution < 1.29 is 13.1 Å². The number of allylic oxidation sites excluding steroid dienone is 2. The SMILES string of the molecule is F[B-]1(F)n2cccc2C(c2c(Cl)cc(Br)cc2Cl)=C2C=CC=[N+]21. The van der Waals surface area contributed by atoms with Crippen molar-refractivity contribution in [3.05, 3.63) is 74.1 Å². The molecule has 3 heterocycles. The van der Waals surface area contributed by atoms with Crippen LogP contribution in [0, 0.1) is 0 Å². The summed E-state index contributed by atoms with van der Waals surface area (Å²) >= 11 is 16.1. The summed E-state index contributed by atoms with van der Waals surface area (Å²) in [7, 11) is 0. The molecule has 2 aliphatic heterocycles. The second-order valence-electron chi connectivity index (χ2n) is 5.31. The average molecular weight is 416 g/mol. The Morgan fingerprint density at radius 1 is 1.17 bits per heavy atom. The van der Waals surface area contributed by atoms with Gasteiger partial charge in [0.1, 0.15) is 6.21 Å². The number of rotatable bonds is 1. The monoisotopic (exact) mass is 414 g/mol. The third-order valence-corrected chi connectivity index (χ3v) is 5.05. The molecule has 0 saturated carbocycles. The topological polar surface area (TPSA) is 7.94 Å². The quantitative estimate of drug-likeness (QED) is 0.565. The third-order valence-electron chi connectivity index (χ3n) is 4.00. The molecule has 0 aliphatic carbocycles. The van der Waals surface area contributed by atoms with Gasteiger partial charge in [-0.05, 0) is 30.5 Å². The minimum Gasteiger partial charge on any atom is -0.396 e. The lowest BCUT2D eigenvalue weighted by molar-refractivity contribution is -0.356. The number of fused-ring (bicyclic) bond motifs is 2. The lowest BCUT2D eigenvalue weighted by Crippen LogP contribution is -2.49. The van der Waals surface area contributed by atoms with Crippen LogP contribution in [0.25, 0.3) is 5.57 Å². The van der Waals surface area contributed by atoms with E-state index < -0.39 is 6.97 Å². The fourth-order valence-corrected chi connectivity index (χ4v) is 4.45. The van der Waals surface area contributed by atoms with Gasteiger partial charge < -0.3 is 17.6 Å². The molecule has 0 N–H and O–H groups in total. The van der Waals surface area contributed by atoms with Crippen LogP contribution < -0.4 is 0 Å². The summed E-state index contributed by atoms with van der Waals surface area (Å²) in [6, 6.07) is 6.65. The number of hydrogen-bond acceptors (Lipinski definition) is 0. The Balaban J connectivity index is 2.10. The molecule has 1 aromatic carbocycles. The summed E-state index contributed by atoms with van der Waals surface area (Å²) in [6.07, 6.45) is 5.99. The van der Waals surface area contributed by atoms with Gasteiger partial charge in [-0.15, -0.1) is 0 Å². The van der Waals surface area contributed by atoms with Crippen molar-refractivity contribution in [3.8, 4) is 0 Å². The zero-order chi connectivity index (χ0) is 16.4. The maximum Gasteiger partial charge on any atom is 0.737 e. The van der Waals surface area contributed by atoms with E-state index in [0.717, 1.165) is 13.4 Å².